The molecule has 22 heavy (non-hydrogen) atoms. The molecule has 0 spiro atoms. The molecule has 0 unspecified atom stereocenters. The van der Waals surface area contributed by atoms with E-state index in [1.807, 2.05) is 0 Å². The van der Waals surface area contributed by atoms with Gasteiger partial charge in [0.05, 0.1) is 0 Å². The van der Waals surface area contributed by atoms with Crippen LogP contribution in [0.2, 0.25) is 0 Å². The standard InChI is InChI=1S/C22H24/c1-3-11-18(12-4-1)21-15-22(16-21,19-13-5-2-6-14-19)20(21)17-9-7-8-10-17/h1-6,11-14,17,20H,7-10,15-16H2. The second kappa shape index (κ2) is 4.47. The molecule has 0 N–H and O–H groups in total. The average Bonchev–Trinajstić information content (AvgIpc) is 3.01. The molecule has 0 atom stereocenters. The fraction of sp³-hybridized carbons (Fsp3) is 0.455. The lowest BCUT2D eigenvalue weighted by atomic mass is 9.24. The normalized spacial score (nSPS) is 36.6. The van der Waals surface area contributed by atoms with E-state index in [0.29, 0.717) is 10.8 Å². The molecule has 112 valence electrons. The number of hydrogen-bond donors (Lipinski definition) is 0. The highest BCUT2D eigenvalue weighted by Gasteiger charge is 2.77. The van der Waals surface area contributed by atoms with Crippen LogP contribution in [0.4, 0.5) is 0 Å². The fourth-order valence-electron chi connectivity index (χ4n) is 6.28. The largest absolute Gasteiger partial charge is 0.0622 e. The van der Waals surface area contributed by atoms with Crippen LogP contribution in [-0.4, -0.2) is 0 Å². The maximum absolute atomic E-state index is 2.38. The summed E-state index contributed by atoms with van der Waals surface area (Å²) in [5.74, 6) is 1.86. The molecule has 2 bridgehead atoms. The van der Waals surface area contributed by atoms with Gasteiger partial charge in [0, 0.05) is 10.8 Å². The number of rotatable bonds is 3. The van der Waals surface area contributed by atoms with Crippen molar-refractivity contribution < 1.29 is 0 Å². The second-order valence-electron chi connectivity index (χ2n) is 7.92. The molecule has 0 saturated heterocycles. The van der Waals surface area contributed by atoms with Gasteiger partial charge in [-0.05, 0) is 35.8 Å². The molecule has 0 heterocycles. The van der Waals surface area contributed by atoms with E-state index in [0.717, 1.165) is 11.8 Å². The molecule has 2 aromatic carbocycles. The second-order valence-corrected chi connectivity index (χ2v) is 7.92. The molecule has 0 heteroatoms. The van der Waals surface area contributed by atoms with Gasteiger partial charge >= 0.3 is 0 Å². The zero-order valence-electron chi connectivity index (χ0n) is 13.2. The Bertz CT molecular complexity index is 606. The lowest BCUT2D eigenvalue weighted by Gasteiger charge is -2.79. The van der Waals surface area contributed by atoms with Crippen LogP contribution in [0.15, 0.2) is 60.7 Å². The van der Waals surface area contributed by atoms with Gasteiger partial charge in [0.15, 0.2) is 0 Å². The summed E-state index contributed by atoms with van der Waals surface area (Å²) in [4.78, 5) is 0. The first kappa shape index (κ1) is 12.9. The molecule has 0 radical (unpaired) electrons. The minimum absolute atomic E-state index is 0.506. The van der Waals surface area contributed by atoms with Gasteiger partial charge < -0.3 is 0 Å². The van der Waals surface area contributed by atoms with E-state index in [4.69, 9.17) is 0 Å². The van der Waals surface area contributed by atoms with Crippen molar-refractivity contribution in [3.63, 3.8) is 0 Å². The van der Waals surface area contributed by atoms with E-state index in [1.165, 1.54) is 38.5 Å². The summed E-state index contributed by atoms with van der Waals surface area (Å²) in [6, 6.07) is 22.8. The van der Waals surface area contributed by atoms with Crippen molar-refractivity contribution in [2.24, 2.45) is 11.8 Å². The SMILES string of the molecule is c1ccc(C23CC(c4ccccc4)(C2)C3C2CCCC2)cc1. The van der Waals surface area contributed by atoms with Crippen LogP contribution in [0.3, 0.4) is 0 Å². The Morgan fingerprint density at radius 1 is 0.636 bits per heavy atom. The van der Waals surface area contributed by atoms with E-state index in [2.05, 4.69) is 60.7 Å². The molecule has 4 aliphatic carbocycles. The monoisotopic (exact) mass is 288 g/mol. The number of benzene rings is 2. The Labute approximate surface area is 133 Å². The topological polar surface area (TPSA) is 0 Å². The van der Waals surface area contributed by atoms with Gasteiger partial charge in [-0.3, -0.25) is 0 Å². The number of hydrogen-bond acceptors (Lipinski definition) is 0. The summed E-state index contributed by atoms with van der Waals surface area (Å²) in [6.07, 6.45) is 8.61. The van der Waals surface area contributed by atoms with E-state index in [1.54, 1.807) is 11.1 Å². The van der Waals surface area contributed by atoms with Gasteiger partial charge in [-0.25, -0.2) is 0 Å². The molecule has 4 fully saturated rings. The van der Waals surface area contributed by atoms with Crippen LogP contribution < -0.4 is 0 Å². The van der Waals surface area contributed by atoms with E-state index >= 15 is 0 Å². The average molecular weight is 288 g/mol. The Balaban J connectivity index is 1.55. The van der Waals surface area contributed by atoms with Crippen molar-refractivity contribution in [2.45, 2.75) is 49.4 Å². The van der Waals surface area contributed by atoms with Gasteiger partial charge in [0.2, 0.25) is 0 Å². The first-order chi connectivity index (χ1) is 10.9. The summed E-state index contributed by atoms with van der Waals surface area (Å²) >= 11 is 0. The Morgan fingerprint density at radius 2 is 1.09 bits per heavy atom. The van der Waals surface area contributed by atoms with Gasteiger partial charge in [-0.15, -0.1) is 0 Å². The summed E-state index contributed by atoms with van der Waals surface area (Å²) in [5, 5.41) is 0. The molecular weight excluding hydrogens is 264 g/mol. The molecule has 4 aliphatic rings. The van der Waals surface area contributed by atoms with Crippen LogP contribution in [0.25, 0.3) is 0 Å². The molecule has 0 amide bonds. The van der Waals surface area contributed by atoms with Crippen molar-refractivity contribution >= 4 is 0 Å². The van der Waals surface area contributed by atoms with Crippen LogP contribution >= 0.6 is 0 Å². The van der Waals surface area contributed by atoms with Crippen molar-refractivity contribution in [2.75, 3.05) is 0 Å². The van der Waals surface area contributed by atoms with Crippen molar-refractivity contribution in [3.05, 3.63) is 71.8 Å². The molecular formula is C22H24. The molecule has 0 aliphatic heterocycles. The maximum atomic E-state index is 2.38. The highest BCUT2D eigenvalue weighted by Crippen LogP contribution is 2.80. The van der Waals surface area contributed by atoms with Crippen LogP contribution in [-0.2, 0) is 10.8 Å². The summed E-state index contributed by atoms with van der Waals surface area (Å²) in [7, 11) is 0. The Morgan fingerprint density at radius 3 is 1.55 bits per heavy atom. The van der Waals surface area contributed by atoms with E-state index < -0.39 is 0 Å². The van der Waals surface area contributed by atoms with E-state index in [9.17, 15) is 0 Å². The summed E-state index contributed by atoms with van der Waals surface area (Å²) < 4.78 is 0. The highest BCUT2D eigenvalue weighted by atomic mass is 14.8. The van der Waals surface area contributed by atoms with Crippen LogP contribution in [0.1, 0.15) is 49.7 Å². The smallest absolute Gasteiger partial charge is 0.000955 e. The van der Waals surface area contributed by atoms with Gasteiger partial charge in [-0.1, -0.05) is 86.3 Å². The minimum Gasteiger partial charge on any atom is -0.0622 e. The first-order valence-electron chi connectivity index (χ1n) is 8.96. The third-order valence-corrected chi connectivity index (χ3v) is 7.02. The third kappa shape index (κ3) is 1.49. The summed E-state index contributed by atoms with van der Waals surface area (Å²) in [5.41, 5.74) is 4.24. The molecule has 0 nitrogen and oxygen atoms in total. The molecule has 4 saturated carbocycles. The van der Waals surface area contributed by atoms with Gasteiger partial charge in [-0.2, -0.15) is 0 Å². The molecule has 6 rings (SSSR count). The van der Waals surface area contributed by atoms with Gasteiger partial charge in [0.1, 0.15) is 0 Å². The fourth-order valence-corrected chi connectivity index (χ4v) is 6.28. The maximum Gasteiger partial charge on any atom is 0.000955 e. The summed E-state index contributed by atoms with van der Waals surface area (Å²) in [6.45, 7) is 0. The molecule has 2 aromatic rings. The quantitative estimate of drug-likeness (QED) is 0.702. The highest BCUT2D eigenvalue weighted by molar-refractivity contribution is 5.51. The predicted octanol–water partition coefficient (Wildman–Crippen LogP) is 5.48. The van der Waals surface area contributed by atoms with Crippen LogP contribution in [0.5, 0.6) is 0 Å². The zero-order chi connectivity index (χ0) is 14.6. The predicted molar refractivity (Wildman–Crippen MR) is 90.9 cm³/mol. The lowest BCUT2D eigenvalue weighted by molar-refractivity contribution is -0.184. The van der Waals surface area contributed by atoms with Crippen molar-refractivity contribution in [3.8, 4) is 0 Å². The van der Waals surface area contributed by atoms with Crippen molar-refractivity contribution in [1.82, 2.24) is 0 Å². The molecule has 0 aromatic heterocycles. The first-order valence-corrected chi connectivity index (χ1v) is 8.96. The Hall–Kier alpha value is -1.56. The minimum atomic E-state index is 0.506. The third-order valence-electron chi connectivity index (χ3n) is 7.02. The van der Waals surface area contributed by atoms with Crippen molar-refractivity contribution in [1.29, 1.82) is 0 Å². The van der Waals surface area contributed by atoms with E-state index in [-0.39, 0.29) is 0 Å². The van der Waals surface area contributed by atoms with Gasteiger partial charge in [0.25, 0.3) is 0 Å². The van der Waals surface area contributed by atoms with Crippen LogP contribution in [0, 0.1) is 11.8 Å². The lowest BCUT2D eigenvalue weighted by Crippen LogP contribution is -2.77. The Kier molecular flexibility index (Phi) is 2.63. The zero-order valence-corrected chi connectivity index (χ0v) is 13.2.